The first-order valence-corrected chi connectivity index (χ1v) is 8.93. The highest BCUT2D eigenvalue weighted by Gasteiger charge is 2.18. The zero-order chi connectivity index (χ0) is 15.6. The molecule has 2 aromatic rings. The zero-order valence-corrected chi connectivity index (χ0v) is 13.9. The Bertz CT molecular complexity index is 752. The summed E-state index contributed by atoms with van der Waals surface area (Å²) in [4.78, 5) is 4.56. The number of anilines is 1. The second-order valence-electron chi connectivity index (χ2n) is 4.99. The van der Waals surface area contributed by atoms with Gasteiger partial charge in [-0.05, 0) is 44.0 Å². The van der Waals surface area contributed by atoms with Crippen LogP contribution in [-0.4, -0.2) is 19.9 Å². The van der Waals surface area contributed by atoms with Crippen LogP contribution >= 0.6 is 11.3 Å². The van der Waals surface area contributed by atoms with Gasteiger partial charge in [-0.1, -0.05) is 0 Å². The van der Waals surface area contributed by atoms with E-state index >= 15 is 0 Å². The summed E-state index contributed by atoms with van der Waals surface area (Å²) in [6, 6.07) is 3.27. The van der Waals surface area contributed by atoms with Crippen LogP contribution in [0.3, 0.4) is 0 Å². The van der Waals surface area contributed by atoms with Crippen LogP contribution in [0.15, 0.2) is 22.4 Å². The number of aryl methyl sites for hydroxylation is 2. The molecule has 0 aliphatic carbocycles. The van der Waals surface area contributed by atoms with Gasteiger partial charge in [0.25, 0.3) is 0 Å². The van der Waals surface area contributed by atoms with Crippen molar-refractivity contribution in [2.24, 2.45) is 0 Å². The summed E-state index contributed by atoms with van der Waals surface area (Å²) in [5.41, 5.74) is 8.75. The minimum atomic E-state index is -3.55. The molecule has 0 unspecified atom stereocenters. The molecule has 1 aromatic heterocycles. The molecule has 0 spiro atoms. The van der Waals surface area contributed by atoms with Crippen molar-refractivity contribution in [1.29, 1.82) is 0 Å². The molecule has 0 atom stereocenters. The average molecular weight is 325 g/mol. The SMILES string of the molecule is Cc1csc(CCNS(=O)(=O)c2cc(N)cc(C)c2C)n1. The van der Waals surface area contributed by atoms with E-state index in [2.05, 4.69) is 9.71 Å². The summed E-state index contributed by atoms with van der Waals surface area (Å²) in [5.74, 6) is 0. The number of nitrogens with zero attached hydrogens (tertiary/aromatic N) is 1. The van der Waals surface area contributed by atoms with Gasteiger partial charge in [-0.15, -0.1) is 11.3 Å². The molecule has 1 aromatic carbocycles. The Morgan fingerprint density at radius 3 is 2.62 bits per heavy atom. The molecule has 0 aliphatic heterocycles. The molecule has 0 radical (unpaired) electrons. The number of hydrogen-bond acceptors (Lipinski definition) is 5. The van der Waals surface area contributed by atoms with Crippen LogP contribution in [-0.2, 0) is 16.4 Å². The normalized spacial score (nSPS) is 11.8. The molecular formula is C14H19N3O2S2. The van der Waals surface area contributed by atoms with Crippen molar-refractivity contribution < 1.29 is 8.42 Å². The second kappa shape index (κ2) is 6.13. The van der Waals surface area contributed by atoms with Crippen molar-refractivity contribution in [3.63, 3.8) is 0 Å². The monoisotopic (exact) mass is 325 g/mol. The average Bonchev–Trinajstić information content (AvgIpc) is 2.79. The minimum Gasteiger partial charge on any atom is -0.399 e. The lowest BCUT2D eigenvalue weighted by Crippen LogP contribution is -2.27. The second-order valence-corrected chi connectivity index (χ2v) is 7.67. The topological polar surface area (TPSA) is 85.1 Å². The number of nitrogens with two attached hydrogens (primary N) is 1. The van der Waals surface area contributed by atoms with Crippen LogP contribution in [0.5, 0.6) is 0 Å². The van der Waals surface area contributed by atoms with Gasteiger partial charge in [0.2, 0.25) is 10.0 Å². The van der Waals surface area contributed by atoms with Crippen LogP contribution in [0, 0.1) is 20.8 Å². The lowest BCUT2D eigenvalue weighted by atomic mass is 10.1. The molecule has 114 valence electrons. The Hall–Kier alpha value is -1.44. The Labute approximate surface area is 129 Å². The number of aromatic nitrogens is 1. The van der Waals surface area contributed by atoms with E-state index in [-0.39, 0.29) is 4.90 Å². The molecule has 2 rings (SSSR count). The number of sulfonamides is 1. The van der Waals surface area contributed by atoms with E-state index in [1.165, 1.54) is 17.4 Å². The lowest BCUT2D eigenvalue weighted by molar-refractivity contribution is 0.581. The van der Waals surface area contributed by atoms with Gasteiger partial charge in [0.1, 0.15) is 0 Å². The smallest absolute Gasteiger partial charge is 0.240 e. The number of nitrogen functional groups attached to an aromatic ring is 1. The largest absolute Gasteiger partial charge is 0.399 e. The molecule has 0 bridgehead atoms. The third-order valence-electron chi connectivity index (χ3n) is 3.23. The third kappa shape index (κ3) is 3.81. The van der Waals surface area contributed by atoms with E-state index < -0.39 is 10.0 Å². The van der Waals surface area contributed by atoms with Gasteiger partial charge in [-0.3, -0.25) is 0 Å². The number of rotatable bonds is 5. The zero-order valence-electron chi connectivity index (χ0n) is 12.3. The highest BCUT2D eigenvalue weighted by atomic mass is 32.2. The van der Waals surface area contributed by atoms with Crippen LogP contribution in [0.25, 0.3) is 0 Å². The van der Waals surface area contributed by atoms with Gasteiger partial charge in [0.05, 0.1) is 9.90 Å². The Kier molecular flexibility index (Phi) is 4.65. The molecule has 21 heavy (non-hydrogen) atoms. The van der Waals surface area contributed by atoms with Gasteiger partial charge in [0.15, 0.2) is 0 Å². The van der Waals surface area contributed by atoms with Crippen molar-refractivity contribution in [1.82, 2.24) is 9.71 Å². The molecule has 1 heterocycles. The molecule has 5 nitrogen and oxygen atoms in total. The number of thiazole rings is 1. The first kappa shape index (κ1) is 15.9. The molecular weight excluding hydrogens is 306 g/mol. The van der Waals surface area contributed by atoms with Crippen molar-refractivity contribution in [2.45, 2.75) is 32.1 Å². The Balaban J connectivity index is 2.12. The van der Waals surface area contributed by atoms with Crippen LogP contribution in [0.1, 0.15) is 21.8 Å². The van der Waals surface area contributed by atoms with E-state index in [1.807, 2.05) is 19.2 Å². The van der Waals surface area contributed by atoms with E-state index in [9.17, 15) is 8.42 Å². The summed E-state index contributed by atoms with van der Waals surface area (Å²) in [5, 5.41) is 2.88. The summed E-state index contributed by atoms with van der Waals surface area (Å²) in [6.07, 6.45) is 0.581. The summed E-state index contributed by atoms with van der Waals surface area (Å²) < 4.78 is 27.4. The van der Waals surface area contributed by atoms with Crippen molar-refractivity contribution in [3.8, 4) is 0 Å². The first-order chi connectivity index (χ1) is 9.79. The molecule has 7 heteroatoms. The van der Waals surface area contributed by atoms with Gasteiger partial charge in [0, 0.05) is 29.7 Å². The number of hydrogen-bond donors (Lipinski definition) is 2. The van der Waals surface area contributed by atoms with E-state index in [4.69, 9.17) is 5.73 Å². The van der Waals surface area contributed by atoms with Crippen LogP contribution in [0.2, 0.25) is 0 Å². The fourth-order valence-corrected chi connectivity index (χ4v) is 4.18. The summed E-state index contributed by atoms with van der Waals surface area (Å²) >= 11 is 1.54. The van der Waals surface area contributed by atoms with Crippen molar-refractivity contribution in [2.75, 3.05) is 12.3 Å². The molecule has 0 amide bonds. The fourth-order valence-electron chi connectivity index (χ4n) is 2.02. The van der Waals surface area contributed by atoms with Crippen molar-refractivity contribution >= 4 is 27.0 Å². The highest BCUT2D eigenvalue weighted by molar-refractivity contribution is 7.89. The minimum absolute atomic E-state index is 0.246. The fraction of sp³-hybridized carbons (Fsp3) is 0.357. The van der Waals surface area contributed by atoms with E-state index in [0.717, 1.165) is 21.8 Å². The van der Waals surface area contributed by atoms with Gasteiger partial charge < -0.3 is 5.73 Å². The third-order valence-corrected chi connectivity index (χ3v) is 5.84. The van der Waals surface area contributed by atoms with E-state index in [1.54, 1.807) is 13.0 Å². The lowest BCUT2D eigenvalue weighted by Gasteiger charge is -2.12. The maximum atomic E-state index is 12.4. The number of nitrogens with one attached hydrogen (secondary N) is 1. The molecule has 0 fully saturated rings. The van der Waals surface area contributed by atoms with Gasteiger partial charge >= 0.3 is 0 Å². The standard InChI is InChI=1S/C14H19N3O2S2/c1-9-6-12(15)7-13(11(9)3)21(18,19)16-5-4-14-17-10(2)8-20-14/h6-8,16H,4-5,15H2,1-3H3. The quantitative estimate of drug-likeness (QED) is 0.825. The first-order valence-electron chi connectivity index (χ1n) is 6.57. The molecule has 0 saturated heterocycles. The Morgan fingerprint density at radius 1 is 1.29 bits per heavy atom. The van der Waals surface area contributed by atoms with Crippen molar-refractivity contribution in [3.05, 3.63) is 39.3 Å². The van der Waals surface area contributed by atoms with Gasteiger partial charge in [-0.25, -0.2) is 18.1 Å². The molecule has 0 aliphatic rings. The summed E-state index contributed by atoms with van der Waals surface area (Å²) in [6.45, 7) is 5.88. The summed E-state index contributed by atoms with van der Waals surface area (Å²) in [7, 11) is -3.55. The Morgan fingerprint density at radius 2 is 2.00 bits per heavy atom. The number of benzene rings is 1. The predicted octanol–water partition coefficient (Wildman–Crippen LogP) is 2.17. The van der Waals surface area contributed by atoms with Crippen LogP contribution in [0.4, 0.5) is 5.69 Å². The van der Waals surface area contributed by atoms with Gasteiger partial charge in [-0.2, -0.15) is 0 Å². The highest BCUT2D eigenvalue weighted by Crippen LogP contribution is 2.22. The molecule has 0 saturated carbocycles. The maximum Gasteiger partial charge on any atom is 0.240 e. The maximum absolute atomic E-state index is 12.4. The van der Waals surface area contributed by atoms with E-state index in [0.29, 0.717) is 18.7 Å². The predicted molar refractivity (Wildman–Crippen MR) is 86.1 cm³/mol. The molecule has 3 N–H and O–H groups in total. The van der Waals surface area contributed by atoms with Crippen LogP contribution < -0.4 is 10.5 Å².